The smallest absolute Gasteiger partial charge is 0.182 e. The minimum Gasteiger partial charge on any atom is -0.495 e. The Balaban J connectivity index is 1.63. The van der Waals surface area contributed by atoms with Gasteiger partial charge in [0, 0.05) is 17.6 Å². The molecule has 6 heteroatoms. The van der Waals surface area contributed by atoms with Crippen molar-refractivity contribution >= 4 is 26.5 Å². The molecule has 0 amide bonds. The van der Waals surface area contributed by atoms with E-state index in [0.717, 1.165) is 16.7 Å². The van der Waals surface area contributed by atoms with Crippen molar-refractivity contribution in [1.82, 2.24) is 0 Å². The van der Waals surface area contributed by atoms with E-state index < -0.39 is 9.84 Å². The minimum absolute atomic E-state index is 0.0573. The molecule has 0 aliphatic rings. The highest BCUT2D eigenvalue weighted by Crippen LogP contribution is 2.25. The molecule has 24 heavy (non-hydrogen) atoms. The number of rotatable bonds is 7. The van der Waals surface area contributed by atoms with Crippen molar-refractivity contribution in [3.8, 4) is 5.75 Å². The highest BCUT2D eigenvalue weighted by molar-refractivity contribution is 7.91. The van der Waals surface area contributed by atoms with Gasteiger partial charge in [-0.25, -0.2) is 8.42 Å². The van der Waals surface area contributed by atoms with Crippen LogP contribution in [0.4, 0.5) is 5.69 Å². The first-order chi connectivity index (χ1) is 11.6. The van der Waals surface area contributed by atoms with Gasteiger partial charge in [0.25, 0.3) is 0 Å². The SMILES string of the molecule is COc1ccccc1S(=O)(=O)CCCNc1cccc2occc12. The van der Waals surface area contributed by atoms with Crippen LogP contribution in [0.15, 0.2) is 64.1 Å². The van der Waals surface area contributed by atoms with Gasteiger partial charge in [-0.1, -0.05) is 18.2 Å². The summed E-state index contributed by atoms with van der Waals surface area (Å²) in [7, 11) is -1.90. The van der Waals surface area contributed by atoms with Gasteiger partial charge in [-0.15, -0.1) is 0 Å². The van der Waals surface area contributed by atoms with E-state index in [0.29, 0.717) is 18.7 Å². The van der Waals surface area contributed by atoms with Gasteiger partial charge in [-0.2, -0.15) is 0 Å². The summed E-state index contributed by atoms with van der Waals surface area (Å²) < 4.78 is 35.4. The summed E-state index contributed by atoms with van der Waals surface area (Å²) >= 11 is 0. The molecule has 1 heterocycles. The van der Waals surface area contributed by atoms with Crippen LogP contribution in [0.1, 0.15) is 6.42 Å². The molecule has 0 radical (unpaired) electrons. The Hall–Kier alpha value is -2.47. The number of fused-ring (bicyclic) bond motifs is 1. The number of hydrogen-bond acceptors (Lipinski definition) is 5. The molecule has 0 saturated carbocycles. The molecule has 1 aromatic heterocycles. The summed E-state index contributed by atoms with van der Waals surface area (Å²) in [5.41, 5.74) is 1.75. The summed E-state index contributed by atoms with van der Waals surface area (Å²) in [5, 5.41) is 4.26. The number of hydrogen-bond donors (Lipinski definition) is 1. The quantitative estimate of drug-likeness (QED) is 0.661. The van der Waals surface area contributed by atoms with E-state index >= 15 is 0 Å². The van der Waals surface area contributed by atoms with E-state index in [4.69, 9.17) is 9.15 Å². The second-order valence-corrected chi connectivity index (χ2v) is 7.47. The van der Waals surface area contributed by atoms with Gasteiger partial charge in [-0.3, -0.25) is 0 Å². The fourth-order valence-corrected chi connectivity index (χ4v) is 4.11. The summed E-state index contributed by atoms with van der Waals surface area (Å²) in [6, 6.07) is 14.3. The van der Waals surface area contributed by atoms with Crippen LogP contribution < -0.4 is 10.1 Å². The Bertz CT molecular complexity index is 931. The molecule has 0 atom stereocenters. The molecule has 0 fully saturated rings. The maximum atomic E-state index is 12.5. The molecular formula is C18H19NO4S. The molecular weight excluding hydrogens is 326 g/mol. The molecule has 3 rings (SSSR count). The number of para-hydroxylation sites is 1. The van der Waals surface area contributed by atoms with E-state index in [9.17, 15) is 8.42 Å². The third-order valence-corrected chi connectivity index (χ3v) is 5.64. The van der Waals surface area contributed by atoms with Crippen molar-refractivity contribution in [3.05, 3.63) is 54.8 Å². The van der Waals surface area contributed by atoms with E-state index in [1.54, 1.807) is 30.5 Å². The maximum absolute atomic E-state index is 12.5. The van der Waals surface area contributed by atoms with Crippen LogP contribution in [0.25, 0.3) is 11.0 Å². The zero-order valence-corrected chi connectivity index (χ0v) is 14.2. The van der Waals surface area contributed by atoms with Gasteiger partial charge >= 0.3 is 0 Å². The summed E-state index contributed by atoms with van der Waals surface area (Å²) in [6.07, 6.45) is 2.14. The zero-order valence-electron chi connectivity index (χ0n) is 13.4. The predicted octanol–water partition coefficient (Wildman–Crippen LogP) is 3.72. The van der Waals surface area contributed by atoms with Gasteiger partial charge in [0.1, 0.15) is 16.2 Å². The van der Waals surface area contributed by atoms with Crippen molar-refractivity contribution in [3.63, 3.8) is 0 Å². The first-order valence-corrected chi connectivity index (χ1v) is 9.33. The molecule has 1 N–H and O–H groups in total. The zero-order chi connectivity index (χ0) is 17.0. The number of methoxy groups -OCH3 is 1. The van der Waals surface area contributed by atoms with Crippen molar-refractivity contribution in [2.75, 3.05) is 24.7 Å². The van der Waals surface area contributed by atoms with Gasteiger partial charge in [-0.05, 0) is 36.8 Å². The van der Waals surface area contributed by atoms with Crippen molar-refractivity contribution in [1.29, 1.82) is 0 Å². The molecule has 5 nitrogen and oxygen atoms in total. The van der Waals surface area contributed by atoms with Crippen molar-refractivity contribution in [2.24, 2.45) is 0 Å². The topological polar surface area (TPSA) is 68.5 Å². The van der Waals surface area contributed by atoms with E-state index in [2.05, 4.69) is 5.32 Å². The fraction of sp³-hybridized carbons (Fsp3) is 0.222. The Morgan fingerprint density at radius 2 is 1.92 bits per heavy atom. The van der Waals surface area contributed by atoms with Crippen LogP contribution in [0.5, 0.6) is 5.75 Å². The molecule has 0 saturated heterocycles. The Kier molecular flexibility index (Phi) is 4.76. The van der Waals surface area contributed by atoms with Gasteiger partial charge in [0.05, 0.1) is 19.1 Å². The van der Waals surface area contributed by atoms with Crippen molar-refractivity contribution < 1.29 is 17.6 Å². The minimum atomic E-state index is -3.37. The lowest BCUT2D eigenvalue weighted by Crippen LogP contribution is -2.12. The third kappa shape index (κ3) is 3.38. The molecule has 126 valence electrons. The monoisotopic (exact) mass is 345 g/mol. The van der Waals surface area contributed by atoms with Gasteiger partial charge in [0.2, 0.25) is 0 Å². The standard InChI is InChI=1S/C18H19NO4S/c1-22-17-7-2-3-9-18(17)24(20,21)13-5-11-19-15-6-4-8-16-14(15)10-12-23-16/h2-4,6-10,12,19H,5,11,13H2,1H3. The number of anilines is 1. The molecule has 0 aliphatic carbocycles. The summed E-state index contributed by atoms with van der Waals surface area (Å²) in [4.78, 5) is 0.240. The van der Waals surface area contributed by atoms with Crippen LogP contribution in [0.2, 0.25) is 0 Å². The fourth-order valence-electron chi connectivity index (χ4n) is 2.62. The highest BCUT2D eigenvalue weighted by atomic mass is 32.2. The molecule has 2 aromatic carbocycles. The average Bonchev–Trinajstić information content (AvgIpc) is 3.08. The second kappa shape index (κ2) is 6.97. The van der Waals surface area contributed by atoms with Crippen molar-refractivity contribution in [2.45, 2.75) is 11.3 Å². The van der Waals surface area contributed by atoms with Gasteiger partial charge in [0.15, 0.2) is 9.84 Å². The largest absolute Gasteiger partial charge is 0.495 e. The second-order valence-electron chi connectivity index (χ2n) is 5.39. The molecule has 0 spiro atoms. The number of benzene rings is 2. The first-order valence-electron chi connectivity index (χ1n) is 7.68. The van der Waals surface area contributed by atoms with Crippen LogP contribution in [0, 0.1) is 0 Å². The molecule has 0 bridgehead atoms. The van der Waals surface area contributed by atoms with Crippen LogP contribution >= 0.6 is 0 Å². The maximum Gasteiger partial charge on any atom is 0.182 e. The lowest BCUT2D eigenvalue weighted by molar-refractivity contribution is 0.402. The van der Waals surface area contributed by atoms with E-state index in [1.165, 1.54) is 7.11 Å². The lowest BCUT2D eigenvalue weighted by Gasteiger charge is -2.10. The van der Waals surface area contributed by atoms with Crippen LogP contribution in [0.3, 0.4) is 0 Å². The Morgan fingerprint density at radius 3 is 2.75 bits per heavy atom. The number of sulfone groups is 1. The first kappa shape index (κ1) is 16.4. The Morgan fingerprint density at radius 1 is 1.08 bits per heavy atom. The normalized spacial score (nSPS) is 11.5. The molecule has 3 aromatic rings. The average molecular weight is 345 g/mol. The lowest BCUT2D eigenvalue weighted by atomic mass is 10.2. The number of ether oxygens (including phenoxy) is 1. The highest BCUT2D eigenvalue weighted by Gasteiger charge is 2.18. The predicted molar refractivity (Wildman–Crippen MR) is 94.4 cm³/mol. The van der Waals surface area contributed by atoms with Crippen LogP contribution in [-0.4, -0.2) is 27.8 Å². The number of furan rings is 1. The number of nitrogens with one attached hydrogen (secondary N) is 1. The molecule has 0 aliphatic heterocycles. The van der Waals surface area contributed by atoms with E-state index in [1.807, 2.05) is 24.3 Å². The molecule has 0 unspecified atom stereocenters. The summed E-state index contributed by atoms with van der Waals surface area (Å²) in [5.74, 6) is 0.440. The van der Waals surface area contributed by atoms with Crippen LogP contribution in [-0.2, 0) is 9.84 Å². The Labute approximate surface area is 141 Å². The summed E-state index contributed by atoms with van der Waals surface area (Å²) in [6.45, 7) is 0.554. The van der Waals surface area contributed by atoms with Gasteiger partial charge < -0.3 is 14.5 Å². The van der Waals surface area contributed by atoms with E-state index in [-0.39, 0.29) is 10.6 Å². The third-order valence-electron chi connectivity index (χ3n) is 3.81.